The normalized spacial score (nSPS) is 27.4. The highest BCUT2D eigenvalue weighted by molar-refractivity contribution is 4.96. The molecule has 0 aromatic carbocycles. The minimum absolute atomic E-state index is 1.06. The topological polar surface area (TPSA) is 38.0 Å². The van der Waals surface area contributed by atoms with E-state index in [-0.39, 0.29) is 0 Å². The predicted molar refractivity (Wildman–Crippen MR) is 43.6 cm³/mol. The van der Waals surface area contributed by atoms with Gasteiger partial charge in [0, 0.05) is 5.70 Å². The van der Waals surface area contributed by atoms with Gasteiger partial charge in [-0.05, 0) is 38.8 Å². The average Bonchev–Trinajstić information content (AvgIpc) is 2.02. The van der Waals surface area contributed by atoms with Gasteiger partial charge in [0.1, 0.15) is 0 Å². The summed E-state index contributed by atoms with van der Waals surface area (Å²) in [4.78, 5) is 0. The van der Waals surface area contributed by atoms with Gasteiger partial charge < -0.3 is 11.1 Å². The molecule has 1 aliphatic heterocycles. The molecule has 3 N–H and O–H groups in total. The third-order valence-corrected chi connectivity index (χ3v) is 1.78. The first-order valence-corrected chi connectivity index (χ1v) is 4.05. The Balaban J connectivity index is 2.29. The van der Waals surface area contributed by atoms with E-state index in [1.54, 1.807) is 0 Å². The molecule has 0 aromatic heterocycles. The summed E-state index contributed by atoms with van der Waals surface area (Å²) in [5.74, 6) is 0. The Morgan fingerprint density at radius 1 is 1.30 bits per heavy atom. The van der Waals surface area contributed by atoms with E-state index in [2.05, 4.69) is 11.4 Å². The van der Waals surface area contributed by atoms with Crippen LogP contribution in [-0.2, 0) is 0 Å². The molecule has 0 aliphatic carbocycles. The molecule has 1 rings (SSSR count). The second-order valence-corrected chi connectivity index (χ2v) is 2.77. The fourth-order valence-corrected chi connectivity index (χ4v) is 1.16. The van der Waals surface area contributed by atoms with E-state index in [1.165, 1.54) is 12.8 Å². The highest BCUT2D eigenvalue weighted by Crippen LogP contribution is 2.02. The summed E-state index contributed by atoms with van der Waals surface area (Å²) in [6.45, 7) is 2.26. The SMILES string of the molecule is N/C1=C/CCCNCCC1. The highest BCUT2D eigenvalue weighted by Gasteiger charge is 1.95. The summed E-state index contributed by atoms with van der Waals surface area (Å²) < 4.78 is 0. The summed E-state index contributed by atoms with van der Waals surface area (Å²) >= 11 is 0. The molecule has 2 nitrogen and oxygen atoms in total. The molecule has 0 radical (unpaired) electrons. The van der Waals surface area contributed by atoms with Crippen molar-refractivity contribution < 1.29 is 0 Å². The van der Waals surface area contributed by atoms with Gasteiger partial charge >= 0.3 is 0 Å². The van der Waals surface area contributed by atoms with Gasteiger partial charge in [0.2, 0.25) is 0 Å². The van der Waals surface area contributed by atoms with Gasteiger partial charge in [0.25, 0.3) is 0 Å². The van der Waals surface area contributed by atoms with E-state index >= 15 is 0 Å². The molecule has 0 fully saturated rings. The molecule has 1 aliphatic rings. The fourth-order valence-electron chi connectivity index (χ4n) is 1.16. The zero-order valence-electron chi connectivity index (χ0n) is 6.40. The van der Waals surface area contributed by atoms with Gasteiger partial charge in [-0.2, -0.15) is 0 Å². The zero-order valence-corrected chi connectivity index (χ0v) is 6.40. The largest absolute Gasteiger partial charge is 0.402 e. The van der Waals surface area contributed by atoms with Crippen LogP contribution in [0.1, 0.15) is 25.7 Å². The van der Waals surface area contributed by atoms with Crippen LogP contribution in [0.15, 0.2) is 11.8 Å². The van der Waals surface area contributed by atoms with Gasteiger partial charge in [0.05, 0.1) is 0 Å². The van der Waals surface area contributed by atoms with E-state index in [9.17, 15) is 0 Å². The van der Waals surface area contributed by atoms with Crippen LogP contribution in [0.4, 0.5) is 0 Å². The van der Waals surface area contributed by atoms with Crippen LogP contribution in [0.25, 0.3) is 0 Å². The summed E-state index contributed by atoms with van der Waals surface area (Å²) in [5.41, 5.74) is 6.78. The van der Waals surface area contributed by atoms with Crippen LogP contribution in [-0.4, -0.2) is 13.1 Å². The predicted octanol–water partition coefficient (Wildman–Crippen LogP) is 0.993. The minimum atomic E-state index is 1.06. The lowest BCUT2D eigenvalue weighted by Crippen LogP contribution is -2.15. The standard InChI is InChI=1S/C8H16N2/c9-8-4-1-2-6-10-7-3-5-8/h4,10H,1-3,5-7,9H2/b8-4+. The Kier molecular flexibility index (Phi) is 3.30. The first kappa shape index (κ1) is 7.61. The van der Waals surface area contributed by atoms with E-state index in [0.29, 0.717) is 0 Å². The molecule has 58 valence electrons. The first-order chi connectivity index (χ1) is 4.89. The molecular formula is C8H16N2. The van der Waals surface area contributed by atoms with Gasteiger partial charge in [-0.25, -0.2) is 0 Å². The lowest BCUT2D eigenvalue weighted by Gasteiger charge is -1.99. The molecule has 0 amide bonds. The molecule has 0 unspecified atom stereocenters. The Hall–Kier alpha value is -0.500. The van der Waals surface area contributed by atoms with E-state index < -0.39 is 0 Å². The van der Waals surface area contributed by atoms with Crippen molar-refractivity contribution in [1.82, 2.24) is 5.32 Å². The number of allylic oxidation sites excluding steroid dienone is 2. The summed E-state index contributed by atoms with van der Waals surface area (Å²) in [7, 11) is 0. The van der Waals surface area contributed by atoms with Gasteiger partial charge in [0.15, 0.2) is 0 Å². The van der Waals surface area contributed by atoms with Gasteiger partial charge in [-0.1, -0.05) is 6.08 Å². The molecule has 0 saturated heterocycles. The Labute approximate surface area is 62.5 Å². The zero-order chi connectivity index (χ0) is 7.23. The third-order valence-electron chi connectivity index (χ3n) is 1.78. The van der Waals surface area contributed by atoms with Gasteiger partial charge in [-0.3, -0.25) is 0 Å². The molecule has 0 saturated carbocycles. The number of nitrogens with one attached hydrogen (secondary N) is 1. The maximum atomic E-state index is 5.71. The molecule has 0 atom stereocenters. The van der Waals surface area contributed by atoms with Crippen LogP contribution in [0, 0.1) is 0 Å². The first-order valence-electron chi connectivity index (χ1n) is 4.05. The smallest absolute Gasteiger partial charge is 0.00404 e. The fraction of sp³-hybridized carbons (Fsp3) is 0.750. The van der Waals surface area contributed by atoms with Crippen LogP contribution in [0.5, 0.6) is 0 Å². The molecule has 0 bridgehead atoms. The average molecular weight is 140 g/mol. The molecule has 0 aromatic rings. The molecular weight excluding hydrogens is 124 g/mol. The van der Waals surface area contributed by atoms with Crippen molar-refractivity contribution in [2.75, 3.05) is 13.1 Å². The Morgan fingerprint density at radius 3 is 3.00 bits per heavy atom. The van der Waals surface area contributed by atoms with Gasteiger partial charge in [-0.15, -0.1) is 0 Å². The van der Waals surface area contributed by atoms with E-state index in [1.807, 2.05) is 0 Å². The monoisotopic (exact) mass is 140 g/mol. The van der Waals surface area contributed by atoms with Crippen LogP contribution in [0.3, 0.4) is 0 Å². The molecule has 2 heteroatoms. The quantitative estimate of drug-likeness (QED) is 0.526. The Morgan fingerprint density at radius 2 is 2.10 bits per heavy atom. The van der Waals surface area contributed by atoms with Crippen molar-refractivity contribution in [3.05, 3.63) is 11.8 Å². The van der Waals surface area contributed by atoms with Crippen molar-refractivity contribution in [3.63, 3.8) is 0 Å². The molecule has 1 heterocycles. The number of hydrogen-bond acceptors (Lipinski definition) is 2. The third kappa shape index (κ3) is 2.87. The van der Waals surface area contributed by atoms with Crippen molar-refractivity contribution >= 4 is 0 Å². The summed E-state index contributed by atoms with van der Waals surface area (Å²) in [6, 6.07) is 0. The van der Waals surface area contributed by atoms with E-state index in [0.717, 1.165) is 31.6 Å². The summed E-state index contributed by atoms with van der Waals surface area (Å²) in [5, 5.41) is 3.36. The van der Waals surface area contributed by atoms with E-state index in [4.69, 9.17) is 5.73 Å². The number of nitrogens with two attached hydrogens (primary N) is 1. The molecule has 10 heavy (non-hydrogen) atoms. The second-order valence-electron chi connectivity index (χ2n) is 2.77. The minimum Gasteiger partial charge on any atom is -0.402 e. The van der Waals surface area contributed by atoms with Crippen LogP contribution >= 0.6 is 0 Å². The van der Waals surface area contributed by atoms with Crippen LogP contribution in [0.2, 0.25) is 0 Å². The summed E-state index contributed by atoms with van der Waals surface area (Å²) in [6.07, 6.45) is 6.77. The molecule has 0 spiro atoms. The second kappa shape index (κ2) is 4.34. The van der Waals surface area contributed by atoms with Crippen molar-refractivity contribution in [2.24, 2.45) is 5.73 Å². The maximum Gasteiger partial charge on any atom is 0.00404 e. The van der Waals surface area contributed by atoms with Crippen molar-refractivity contribution in [1.29, 1.82) is 0 Å². The van der Waals surface area contributed by atoms with Crippen LogP contribution < -0.4 is 11.1 Å². The number of hydrogen-bond donors (Lipinski definition) is 2. The lowest BCUT2D eigenvalue weighted by atomic mass is 10.2. The number of rotatable bonds is 0. The lowest BCUT2D eigenvalue weighted by molar-refractivity contribution is 0.636. The maximum absolute atomic E-state index is 5.71. The van der Waals surface area contributed by atoms with Crippen molar-refractivity contribution in [3.8, 4) is 0 Å². The van der Waals surface area contributed by atoms with Crippen molar-refractivity contribution in [2.45, 2.75) is 25.7 Å². The Bertz CT molecular complexity index is 118. The highest BCUT2D eigenvalue weighted by atomic mass is 14.8.